The van der Waals surface area contributed by atoms with Crippen molar-refractivity contribution in [1.82, 2.24) is 0 Å². The van der Waals surface area contributed by atoms with Crippen LogP contribution in [-0.4, -0.2) is 35.5 Å². The van der Waals surface area contributed by atoms with Crippen LogP contribution in [0.2, 0.25) is 6.04 Å². The first-order valence-corrected chi connectivity index (χ1v) is 6.76. The Morgan fingerprint density at radius 1 is 1.42 bits per heavy atom. The van der Waals surface area contributed by atoms with Crippen LogP contribution in [0.25, 0.3) is 0 Å². The van der Waals surface area contributed by atoms with Gasteiger partial charge in [-0.05, 0) is 25.4 Å². The molecule has 0 spiro atoms. The minimum Gasteiger partial charge on any atom is -0.421 e. The highest BCUT2D eigenvalue weighted by Crippen LogP contribution is 1.98. The molecule has 0 saturated carbocycles. The molecule has 0 aliphatic carbocycles. The summed E-state index contributed by atoms with van der Waals surface area (Å²) in [6.07, 6.45) is 2.99. The van der Waals surface area contributed by atoms with Gasteiger partial charge in [-0.15, -0.1) is 0 Å². The van der Waals surface area contributed by atoms with Crippen molar-refractivity contribution in [2.75, 3.05) is 26.5 Å². The van der Waals surface area contributed by atoms with Crippen molar-refractivity contribution in [3.63, 3.8) is 0 Å². The zero-order valence-corrected chi connectivity index (χ0v) is 9.37. The van der Waals surface area contributed by atoms with Crippen molar-refractivity contribution in [3.05, 3.63) is 0 Å². The van der Waals surface area contributed by atoms with Crippen LogP contribution < -0.4 is 5.73 Å². The fraction of sp³-hybridized carbons (Fsp3) is 1.00. The predicted molar refractivity (Wildman–Crippen MR) is 53.7 cm³/mol. The van der Waals surface area contributed by atoms with Gasteiger partial charge in [0.2, 0.25) is 9.04 Å². The van der Waals surface area contributed by atoms with Crippen molar-refractivity contribution >= 4 is 9.04 Å². The molecule has 2 N–H and O–H groups in total. The Bertz CT molecular complexity index is 93.1. The van der Waals surface area contributed by atoms with Gasteiger partial charge < -0.3 is 14.9 Å². The smallest absolute Gasteiger partial charge is 0.201 e. The predicted octanol–water partition coefficient (Wildman–Crippen LogP) is 0.671. The summed E-state index contributed by atoms with van der Waals surface area (Å²) in [6.45, 7) is 3.74. The van der Waals surface area contributed by atoms with Gasteiger partial charge in [-0.2, -0.15) is 0 Å². The fourth-order valence-corrected chi connectivity index (χ4v) is 2.63. The van der Waals surface area contributed by atoms with Gasteiger partial charge >= 0.3 is 0 Å². The molecular formula is C8H21NO2Si. The lowest BCUT2D eigenvalue weighted by Gasteiger charge is -2.12. The number of ether oxygens (including phenoxy) is 1. The fourth-order valence-electron chi connectivity index (χ4n) is 0.974. The largest absolute Gasteiger partial charge is 0.421 e. The molecule has 1 atom stereocenters. The van der Waals surface area contributed by atoms with Crippen LogP contribution in [0.3, 0.4) is 0 Å². The van der Waals surface area contributed by atoms with E-state index < -0.39 is 9.04 Å². The summed E-state index contributed by atoms with van der Waals surface area (Å²) in [6, 6.07) is 1.14. The lowest BCUT2D eigenvalue weighted by atomic mass is 10.5. The highest BCUT2D eigenvalue weighted by Gasteiger charge is 2.08. The molecule has 0 aliphatic rings. The van der Waals surface area contributed by atoms with E-state index in [1.807, 2.05) is 0 Å². The van der Waals surface area contributed by atoms with Crippen molar-refractivity contribution in [2.45, 2.75) is 25.8 Å². The Morgan fingerprint density at radius 2 is 2.17 bits per heavy atom. The van der Waals surface area contributed by atoms with Gasteiger partial charge in [0.05, 0.1) is 6.23 Å². The molecule has 0 rings (SSSR count). The molecule has 4 heteroatoms. The Hall–Kier alpha value is 0.0969. The summed E-state index contributed by atoms with van der Waals surface area (Å²) in [7, 11) is 0.716. The summed E-state index contributed by atoms with van der Waals surface area (Å²) in [4.78, 5) is 0. The van der Waals surface area contributed by atoms with E-state index >= 15 is 0 Å². The molecular weight excluding hydrogens is 170 g/mol. The average molecular weight is 191 g/mol. The second-order valence-electron chi connectivity index (χ2n) is 2.86. The zero-order valence-electron chi connectivity index (χ0n) is 8.21. The van der Waals surface area contributed by atoms with E-state index in [-0.39, 0.29) is 0 Å². The van der Waals surface area contributed by atoms with E-state index in [2.05, 4.69) is 6.92 Å². The van der Waals surface area contributed by atoms with Crippen molar-refractivity contribution < 1.29 is 9.16 Å². The Morgan fingerprint density at radius 3 is 2.67 bits per heavy atom. The van der Waals surface area contributed by atoms with Crippen molar-refractivity contribution in [1.29, 1.82) is 0 Å². The lowest BCUT2D eigenvalue weighted by molar-refractivity contribution is 0.163. The SMILES string of the molecule is CCCOC[SiH](CCCN)OC. The molecule has 0 aromatic heterocycles. The number of rotatable bonds is 8. The van der Waals surface area contributed by atoms with E-state index in [4.69, 9.17) is 14.9 Å². The van der Waals surface area contributed by atoms with Crippen LogP contribution in [0, 0.1) is 0 Å². The molecule has 1 unspecified atom stereocenters. The molecule has 3 nitrogen and oxygen atoms in total. The van der Waals surface area contributed by atoms with Crippen LogP contribution >= 0.6 is 0 Å². The molecule has 0 saturated heterocycles. The third kappa shape index (κ3) is 6.79. The van der Waals surface area contributed by atoms with Gasteiger partial charge in [0.25, 0.3) is 0 Å². The van der Waals surface area contributed by atoms with Crippen LogP contribution in [0.1, 0.15) is 19.8 Å². The molecule has 0 heterocycles. The molecule has 0 fully saturated rings. The number of hydrogen-bond donors (Lipinski definition) is 1. The first-order chi connectivity index (χ1) is 5.85. The quantitative estimate of drug-likeness (QED) is 0.453. The van der Waals surface area contributed by atoms with Gasteiger partial charge in [0.15, 0.2) is 0 Å². The summed E-state index contributed by atoms with van der Waals surface area (Å²) >= 11 is 0. The van der Waals surface area contributed by atoms with E-state index in [0.717, 1.165) is 38.3 Å². The normalized spacial score (nSPS) is 13.2. The third-order valence-electron chi connectivity index (χ3n) is 1.72. The first-order valence-electron chi connectivity index (χ1n) is 4.65. The summed E-state index contributed by atoms with van der Waals surface area (Å²) in [5, 5.41) is 0. The zero-order chi connectivity index (χ0) is 9.23. The van der Waals surface area contributed by atoms with Gasteiger partial charge in [-0.3, -0.25) is 0 Å². The Labute approximate surface area is 77.0 Å². The highest BCUT2D eigenvalue weighted by atomic mass is 28.3. The summed E-state index contributed by atoms with van der Waals surface area (Å²) in [5.74, 6) is 0. The average Bonchev–Trinajstić information content (AvgIpc) is 2.11. The van der Waals surface area contributed by atoms with E-state index in [9.17, 15) is 0 Å². The first kappa shape index (κ1) is 12.1. The van der Waals surface area contributed by atoms with Crippen LogP contribution in [0.15, 0.2) is 0 Å². The van der Waals surface area contributed by atoms with Crippen molar-refractivity contribution in [2.24, 2.45) is 5.73 Å². The van der Waals surface area contributed by atoms with Gasteiger partial charge in [0.1, 0.15) is 0 Å². The summed E-state index contributed by atoms with van der Waals surface area (Å²) in [5.41, 5.74) is 5.41. The van der Waals surface area contributed by atoms with E-state index in [1.54, 1.807) is 7.11 Å². The maximum Gasteiger partial charge on any atom is 0.201 e. The molecule has 0 amide bonds. The monoisotopic (exact) mass is 191 g/mol. The minimum atomic E-state index is -1.06. The van der Waals surface area contributed by atoms with Gasteiger partial charge in [-0.25, -0.2) is 0 Å². The van der Waals surface area contributed by atoms with Crippen LogP contribution in [-0.2, 0) is 9.16 Å². The van der Waals surface area contributed by atoms with Crippen LogP contribution in [0.5, 0.6) is 0 Å². The Balaban J connectivity index is 3.26. The maximum atomic E-state index is 5.43. The van der Waals surface area contributed by atoms with Gasteiger partial charge in [0, 0.05) is 13.7 Å². The lowest BCUT2D eigenvalue weighted by Crippen LogP contribution is -2.24. The maximum absolute atomic E-state index is 5.43. The number of hydrogen-bond acceptors (Lipinski definition) is 3. The number of nitrogens with two attached hydrogens (primary N) is 1. The molecule has 0 bridgehead atoms. The Kier molecular flexibility index (Phi) is 9.26. The van der Waals surface area contributed by atoms with E-state index in [0.29, 0.717) is 0 Å². The van der Waals surface area contributed by atoms with Crippen molar-refractivity contribution in [3.8, 4) is 0 Å². The molecule has 74 valence electrons. The minimum absolute atomic E-state index is 0.765. The molecule has 0 aromatic rings. The van der Waals surface area contributed by atoms with Gasteiger partial charge in [-0.1, -0.05) is 6.92 Å². The topological polar surface area (TPSA) is 44.5 Å². The molecule has 0 radical (unpaired) electrons. The summed E-state index contributed by atoms with van der Waals surface area (Å²) < 4.78 is 10.8. The highest BCUT2D eigenvalue weighted by molar-refractivity contribution is 6.51. The molecule has 12 heavy (non-hydrogen) atoms. The standard InChI is InChI=1S/C8H21NO2Si/c1-3-6-11-8-12(10-2)7-4-5-9/h12H,3-9H2,1-2H3. The van der Waals surface area contributed by atoms with Crippen LogP contribution in [0.4, 0.5) is 0 Å². The third-order valence-corrected chi connectivity index (χ3v) is 4.04. The second kappa shape index (κ2) is 9.19. The second-order valence-corrected chi connectivity index (χ2v) is 5.49. The molecule has 0 aromatic carbocycles. The van der Waals surface area contributed by atoms with E-state index in [1.165, 1.54) is 0 Å². The molecule has 0 aliphatic heterocycles.